The first-order chi connectivity index (χ1) is 9.68. The Morgan fingerprint density at radius 1 is 1.30 bits per heavy atom. The van der Waals surface area contributed by atoms with Crippen LogP contribution in [-0.2, 0) is 11.3 Å². The summed E-state index contributed by atoms with van der Waals surface area (Å²) in [4.78, 5) is 2.12. The fourth-order valence-electron chi connectivity index (χ4n) is 2.52. The molecule has 1 aliphatic rings. The lowest BCUT2D eigenvalue weighted by molar-refractivity contribution is 0.152. The molecule has 112 valence electrons. The number of para-hydroxylation sites is 1. The molecule has 0 aromatic heterocycles. The minimum Gasteiger partial charge on any atom is -0.380 e. The van der Waals surface area contributed by atoms with Crippen LogP contribution in [0, 0.1) is 11.7 Å². The molecule has 0 amide bonds. The second-order valence-corrected chi connectivity index (χ2v) is 5.73. The first-order valence-electron chi connectivity index (χ1n) is 7.49. The van der Waals surface area contributed by atoms with Crippen LogP contribution in [0.25, 0.3) is 0 Å². The maximum absolute atomic E-state index is 14.2. The van der Waals surface area contributed by atoms with Gasteiger partial charge >= 0.3 is 0 Å². The van der Waals surface area contributed by atoms with E-state index in [1.807, 2.05) is 6.07 Å². The summed E-state index contributed by atoms with van der Waals surface area (Å²) in [6.45, 7) is 9.06. The van der Waals surface area contributed by atoms with Crippen molar-refractivity contribution in [1.29, 1.82) is 0 Å². The molecule has 0 unspecified atom stereocenters. The van der Waals surface area contributed by atoms with Gasteiger partial charge in [-0.05, 0) is 30.5 Å². The summed E-state index contributed by atoms with van der Waals surface area (Å²) in [5.74, 6) is 0.467. The van der Waals surface area contributed by atoms with Gasteiger partial charge in [0.1, 0.15) is 5.82 Å². The van der Waals surface area contributed by atoms with Gasteiger partial charge in [0.2, 0.25) is 0 Å². The maximum atomic E-state index is 14.2. The van der Waals surface area contributed by atoms with E-state index >= 15 is 0 Å². The normalized spacial score (nSPS) is 16.5. The lowest BCUT2D eigenvalue weighted by Gasteiger charge is -2.25. The predicted octanol–water partition coefficient (Wildman–Crippen LogP) is 2.80. The molecule has 2 rings (SSSR count). The molecule has 0 bridgehead atoms. The highest BCUT2D eigenvalue weighted by Gasteiger charge is 2.17. The van der Waals surface area contributed by atoms with E-state index in [1.165, 1.54) is 0 Å². The van der Waals surface area contributed by atoms with Crippen LogP contribution in [0.3, 0.4) is 0 Å². The number of benzene rings is 1. The predicted molar refractivity (Wildman–Crippen MR) is 80.6 cm³/mol. The lowest BCUT2D eigenvalue weighted by Crippen LogP contribution is -2.29. The quantitative estimate of drug-likeness (QED) is 0.897. The van der Waals surface area contributed by atoms with Gasteiger partial charge in [-0.2, -0.15) is 0 Å². The number of nitrogens with one attached hydrogen (secondary N) is 1. The minimum absolute atomic E-state index is 0.129. The third kappa shape index (κ3) is 4.18. The first kappa shape index (κ1) is 15.3. The number of nitrogens with zero attached hydrogens (tertiary/aromatic N) is 1. The average Bonchev–Trinajstić information content (AvgIpc) is 2.67. The largest absolute Gasteiger partial charge is 0.380 e. The van der Waals surface area contributed by atoms with Gasteiger partial charge in [0.25, 0.3) is 0 Å². The molecule has 1 N–H and O–H groups in total. The molecule has 1 saturated heterocycles. The summed E-state index contributed by atoms with van der Waals surface area (Å²) in [7, 11) is 0. The number of ether oxygens (including phenoxy) is 1. The fraction of sp³-hybridized carbons (Fsp3) is 0.625. The highest BCUT2D eigenvalue weighted by Crippen LogP contribution is 2.25. The summed E-state index contributed by atoms with van der Waals surface area (Å²) in [6.07, 6.45) is 0.952. The van der Waals surface area contributed by atoms with Crippen LogP contribution >= 0.6 is 0 Å². The molecule has 1 aliphatic heterocycles. The Kier molecular flexibility index (Phi) is 5.80. The molecule has 0 saturated carbocycles. The van der Waals surface area contributed by atoms with Crippen LogP contribution < -0.4 is 10.2 Å². The van der Waals surface area contributed by atoms with Crippen molar-refractivity contribution in [1.82, 2.24) is 5.32 Å². The molecule has 0 spiro atoms. The molecule has 1 fully saturated rings. The van der Waals surface area contributed by atoms with Crippen molar-refractivity contribution in [2.45, 2.75) is 26.8 Å². The fourth-order valence-corrected chi connectivity index (χ4v) is 2.52. The SMILES string of the molecule is CC(C)CNCc1cccc(F)c1N1CCCOCC1. The van der Waals surface area contributed by atoms with Crippen molar-refractivity contribution in [3.05, 3.63) is 29.6 Å². The number of hydrogen-bond acceptors (Lipinski definition) is 3. The van der Waals surface area contributed by atoms with E-state index in [9.17, 15) is 4.39 Å². The van der Waals surface area contributed by atoms with Crippen LogP contribution in [0.5, 0.6) is 0 Å². The van der Waals surface area contributed by atoms with Crippen molar-refractivity contribution in [2.75, 3.05) is 37.7 Å². The second kappa shape index (κ2) is 7.60. The molecule has 0 radical (unpaired) electrons. The Bertz CT molecular complexity index is 415. The Hall–Kier alpha value is -1.13. The summed E-state index contributed by atoms with van der Waals surface area (Å²) in [5.41, 5.74) is 1.78. The van der Waals surface area contributed by atoms with Crippen LogP contribution in [0.4, 0.5) is 10.1 Å². The van der Waals surface area contributed by atoms with Crippen molar-refractivity contribution in [2.24, 2.45) is 5.92 Å². The minimum atomic E-state index is -0.129. The highest BCUT2D eigenvalue weighted by molar-refractivity contribution is 5.55. The zero-order chi connectivity index (χ0) is 14.4. The van der Waals surface area contributed by atoms with Crippen LogP contribution in [0.2, 0.25) is 0 Å². The van der Waals surface area contributed by atoms with Crippen molar-refractivity contribution < 1.29 is 9.13 Å². The van der Waals surface area contributed by atoms with Gasteiger partial charge < -0.3 is 15.0 Å². The third-order valence-electron chi connectivity index (χ3n) is 3.48. The van der Waals surface area contributed by atoms with Crippen molar-refractivity contribution in [3.63, 3.8) is 0 Å². The van der Waals surface area contributed by atoms with E-state index in [0.29, 0.717) is 19.1 Å². The van der Waals surface area contributed by atoms with Gasteiger partial charge in [-0.1, -0.05) is 26.0 Å². The summed E-state index contributed by atoms with van der Waals surface area (Å²) >= 11 is 0. The first-order valence-corrected chi connectivity index (χ1v) is 7.49. The van der Waals surface area contributed by atoms with E-state index in [1.54, 1.807) is 12.1 Å². The van der Waals surface area contributed by atoms with Gasteiger partial charge in [0, 0.05) is 26.2 Å². The highest BCUT2D eigenvalue weighted by atomic mass is 19.1. The Morgan fingerprint density at radius 2 is 2.15 bits per heavy atom. The van der Waals surface area contributed by atoms with Gasteiger partial charge in [-0.3, -0.25) is 0 Å². The maximum Gasteiger partial charge on any atom is 0.146 e. The number of anilines is 1. The van der Waals surface area contributed by atoms with E-state index in [-0.39, 0.29) is 5.82 Å². The third-order valence-corrected chi connectivity index (χ3v) is 3.48. The Balaban J connectivity index is 2.12. The average molecular weight is 280 g/mol. The van der Waals surface area contributed by atoms with Crippen molar-refractivity contribution >= 4 is 5.69 Å². The molecule has 20 heavy (non-hydrogen) atoms. The molecule has 0 aliphatic carbocycles. The smallest absolute Gasteiger partial charge is 0.146 e. The van der Waals surface area contributed by atoms with E-state index in [4.69, 9.17) is 4.74 Å². The van der Waals surface area contributed by atoms with Gasteiger partial charge in [0.05, 0.1) is 12.3 Å². The Labute approximate surface area is 121 Å². The standard InChI is InChI=1S/C16H25FN2O/c1-13(2)11-18-12-14-5-3-6-15(17)16(14)19-7-4-9-20-10-8-19/h3,5-6,13,18H,4,7-12H2,1-2H3. The number of halogens is 1. The topological polar surface area (TPSA) is 24.5 Å². The number of rotatable bonds is 5. The van der Waals surface area contributed by atoms with Crippen molar-refractivity contribution in [3.8, 4) is 0 Å². The zero-order valence-electron chi connectivity index (χ0n) is 12.5. The molecule has 4 heteroatoms. The summed E-state index contributed by atoms with van der Waals surface area (Å²) < 4.78 is 19.7. The molecule has 3 nitrogen and oxygen atoms in total. The van der Waals surface area contributed by atoms with Crippen LogP contribution in [-0.4, -0.2) is 32.8 Å². The van der Waals surface area contributed by atoms with Crippen LogP contribution in [0.15, 0.2) is 18.2 Å². The second-order valence-electron chi connectivity index (χ2n) is 5.73. The molecule has 1 heterocycles. The number of hydrogen-bond donors (Lipinski definition) is 1. The monoisotopic (exact) mass is 280 g/mol. The molecule has 1 aromatic carbocycles. The van der Waals surface area contributed by atoms with Crippen LogP contribution in [0.1, 0.15) is 25.8 Å². The van der Waals surface area contributed by atoms with Gasteiger partial charge in [0.15, 0.2) is 0 Å². The molecular weight excluding hydrogens is 255 g/mol. The molecule has 1 aromatic rings. The van der Waals surface area contributed by atoms with Gasteiger partial charge in [-0.15, -0.1) is 0 Å². The Morgan fingerprint density at radius 3 is 2.95 bits per heavy atom. The zero-order valence-corrected chi connectivity index (χ0v) is 12.5. The summed E-state index contributed by atoms with van der Waals surface area (Å²) in [6, 6.07) is 5.35. The van der Waals surface area contributed by atoms with E-state index < -0.39 is 0 Å². The lowest BCUT2D eigenvalue weighted by atomic mass is 10.1. The summed E-state index contributed by atoms with van der Waals surface area (Å²) in [5, 5.41) is 3.40. The molecular formula is C16H25FN2O. The molecule has 0 atom stereocenters. The van der Waals surface area contributed by atoms with E-state index in [0.717, 1.165) is 43.9 Å². The van der Waals surface area contributed by atoms with E-state index in [2.05, 4.69) is 24.1 Å². The van der Waals surface area contributed by atoms with Gasteiger partial charge in [-0.25, -0.2) is 4.39 Å².